The average molecular weight is 253 g/mol. The molecule has 0 aromatic carbocycles. The van der Waals surface area contributed by atoms with E-state index in [0.717, 1.165) is 0 Å². The van der Waals surface area contributed by atoms with Crippen LogP contribution < -0.4 is 0 Å². The van der Waals surface area contributed by atoms with Gasteiger partial charge in [0, 0.05) is 25.1 Å². The van der Waals surface area contributed by atoms with Gasteiger partial charge in [-0.05, 0) is 6.08 Å². The van der Waals surface area contributed by atoms with E-state index < -0.39 is 12.3 Å². The Morgan fingerprint density at radius 2 is 1.92 bits per heavy atom. The molecule has 0 aliphatic heterocycles. The normalized spacial score (nSPS) is 11.9. The molecule has 0 amide bonds. The summed E-state index contributed by atoms with van der Waals surface area (Å²) in [5.74, 6) is -0.393. The molecule has 76 valence electrons. The molecule has 0 saturated carbocycles. The summed E-state index contributed by atoms with van der Waals surface area (Å²) in [5, 5.41) is 0.406. The maximum Gasteiger partial charge on any atom is 0.334 e. The van der Waals surface area contributed by atoms with E-state index in [2.05, 4.69) is 20.7 Å². The summed E-state index contributed by atoms with van der Waals surface area (Å²) in [6.45, 7) is 0. The van der Waals surface area contributed by atoms with Crippen molar-refractivity contribution < 1.29 is 19.0 Å². The molecule has 5 heteroatoms. The van der Waals surface area contributed by atoms with Crippen LogP contribution in [0.3, 0.4) is 0 Å². The van der Waals surface area contributed by atoms with Gasteiger partial charge in [-0.1, -0.05) is 15.9 Å². The highest BCUT2D eigenvalue weighted by Gasteiger charge is 2.11. The molecule has 0 radical (unpaired) electrons. The predicted molar refractivity (Wildman–Crippen MR) is 51.7 cm³/mol. The number of hydrogen-bond donors (Lipinski definition) is 0. The van der Waals surface area contributed by atoms with Crippen molar-refractivity contribution in [2.45, 2.75) is 6.29 Å². The van der Waals surface area contributed by atoms with Crippen LogP contribution in [-0.4, -0.2) is 38.9 Å². The fourth-order valence-electron chi connectivity index (χ4n) is 0.695. The van der Waals surface area contributed by atoms with Crippen LogP contribution in [0.1, 0.15) is 0 Å². The highest BCUT2D eigenvalue weighted by Crippen LogP contribution is 2.06. The van der Waals surface area contributed by atoms with E-state index in [9.17, 15) is 4.79 Å². The predicted octanol–water partition coefficient (Wildman–Crippen LogP) is 1.10. The van der Waals surface area contributed by atoms with Crippen LogP contribution >= 0.6 is 15.9 Å². The van der Waals surface area contributed by atoms with Crippen molar-refractivity contribution in [3.63, 3.8) is 0 Å². The molecule has 0 rings (SSSR count). The highest BCUT2D eigenvalue weighted by molar-refractivity contribution is 9.09. The van der Waals surface area contributed by atoms with Crippen molar-refractivity contribution in [1.29, 1.82) is 0 Å². The molecule has 0 aliphatic carbocycles. The van der Waals surface area contributed by atoms with Crippen molar-refractivity contribution in [2.75, 3.05) is 26.7 Å². The van der Waals surface area contributed by atoms with Crippen LogP contribution in [-0.2, 0) is 19.0 Å². The Balaban J connectivity index is 4.43. The molecule has 0 aromatic rings. The second-order valence-electron chi connectivity index (χ2n) is 2.16. The van der Waals surface area contributed by atoms with Crippen LogP contribution in [0.2, 0.25) is 0 Å². The van der Waals surface area contributed by atoms with Gasteiger partial charge in [0.05, 0.1) is 7.11 Å². The lowest BCUT2D eigenvalue weighted by atomic mass is 10.3. The summed E-state index contributed by atoms with van der Waals surface area (Å²) in [7, 11) is 4.31. The number of alkyl halides is 1. The molecule has 0 spiro atoms. The zero-order valence-electron chi connectivity index (χ0n) is 7.87. The summed E-state index contributed by atoms with van der Waals surface area (Å²) in [6.07, 6.45) is 1.03. The van der Waals surface area contributed by atoms with Gasteiger partial charge >= 0.3 is 5.97 Å². The molecular weight excluding hydrogens is 240 g/mol. The standard InChI is InChI=1S/C8H13BrO4/c1-11-7(12-2)4-6(5-9)8(10)13-3/h4,7H,5H2,1-3H3/b6-4+. The van der Waals surface area contributed by atoms with Crippen LogP contribution in [0.25, 0.3) is 0 Å². The molecule has 0 fully saturated rings. The van der Waals surface area contributed by atoms with Crippen molar-refractivity contribution in [3.05, 3.63) is 11.6 Å². The first-order chi connectivity index (χ1) is 6.19. The fourth-order valence-corrected chi connectivity index (χ4v) is 1.11. The number of methoxy groups -OCH3 is 3. The summed E-state index contributed by atoms with van der Waals surface area (Å²) in [4.78, 5) is 11.1. The number of esters is 1. The Hall–Kier alpha value is -0.390. The average Bonchev–Trinajstić information content (AvgIpc) is 2.19. The Morgan fingerprint density at radius 1 is 1.38 bits per heavy atom. The van der Waals surface area contributed by atoms with Gasteiger partial charge in [-0.25, -0.2) is 4.79 Å². The first-order valence-corrected chi connectivity index (χ1v) is 4.72. The molecule has 4 nitrogen and oxygen atoms in total. The summed E-state index contributed by atoms with van der Waals surface area (Å²) in [6, 6.07) is 0. The quantitative estimate of drug-likeness (QED) is 0.318. The first-order valence-electron chi connectivity index (χ1n) is 3.60. The van der Waals surface area contributed by atoms with E-state index in [1.165, 1.54) is 21.3 Å². The third kappa shape index (κ3) is 4.40. The summed E-state index contributed by atoms with van der Waals surface area (Å²) < 4.78 is 14.3. The first kappa shape index (κ1) is 12.6. The maximum absolute atomic E-state index is 11.1. The van der Waals surface area contributed by atoms with Gasteiger partial charge in [0.15, 0.2) is 6.29 Å². The third-order valence-electron chi connectivity index (χ3n) is 1.39. The van der Waals surface area contributed by atoms with E-state index in [1.54, 1.807) is 6.08 Å². The van der Waals surface area contributed by atoms with E-state index in [-0.39, 0.29) is 0 Å². The zero-order chi connectivity index (χ0) is 10.3. The zero-order valence-corrected chi connectivity index (χ0v) is 9.46. The second kappa shape index (κ2) is 7.06. The van der Waals surface area contributed by atoms with Gasteiger partial charge in [-0.3, -0.25) is 0 Å². The minimum absolute atomic E-state index is 0.393. The van der Waals surface area contributed by atoms with E-state index >= 15 is 0 Å². The monoisotopic (exact) mass is 252 g/mol. The molecule has 13 heavy (non-hydrogen) atoms. The fraction of sp³-hybridized carbons (Fsp3) is 0.625. The van der Waals surface area contributed by atoms with Crippen molar-refractivity contribution in [1.82, 2.24) is 0 Å². The van der Waals surface area contributed by atoms with Gasteiger partial charge in [0.25, 0.3) is 0 Å². The third-order valence-corrected chi connectivity index (χ3v) is 2.00. The number of halogens is 1. The number of ether oxygens (including phenoxy) is 3. The number of rotatable bonds is 5. The Morgan fingerprint density at radius 3 is 2.23 bits per heavy atom. The minimum atomic E-state index is -0.522. The Bertz CT molecular complexity index is 187. The molecule has 0 saturated heterocycles. The molecule has 0 aromatic heterocycles. The molecule has 0 bridgehead atoms. The largest absolute Gasteiger partial charge is 0.466 e. The lowest BCUT2D eigenvalue weighted by Crippen LogP contribution is -2.14. The van der Waals surface area contributed by atoms with Crippen molar-refractivity contribution in [2.24, 2.45) is 0 Å². The minimum Gasteiger partial charge on any atom is -0.466 e. The molecule has 0 unspecified atom stereocenters. The smallest absolute Gasteiger partial charge is 0.334 e. The number of hydrogen-bond acceptors (Lipinski definition) is 4. The lowest BCUT2D eigenvalue weighted by molar-refractivity contribution is -0.136. The van der Waals surface area contributed by atoms with Crippen LogP contribution in [0, 0.1) is 0 Å². The van der Waals surface area contributed by atoms with Gasteiger partial charge in [0.1, 0.15) is 0 Å². The number of carbonyl (C=O) groups is 1. The Kier molecular flexibility index (Phi) is 6.84. The summed E-state index contributed by atoms with van der Waals surface area (Å²) in [5.41, 5.74) is 0.469. The van der Waals surface area contributed by atoms with E-state index in [0.29, 0.717) is 10.9 Å². The molecule has 0 heterocycles. The van der Waals surface area contributed by atoms with Crippen LogP contribution in [0.5, 0.6) is 0 Å². The molecule has 0 aliphatic rings. The van der Waals surface area contributed by atoms with Gasteiger partial charge in [-0.15, -0.1) is 0 Å². The van der Waals surface area contributed by atoms with Crippen molar-refractivity contribution >= 4 is 21.9 Å². The molecular formula is C8H13BrO4. The second-order valence-corrected chi connectivity index (χ2v) is 2.72. The van der Waals surface area contributed by atoms with E-state index in [4.69, 9.17) is 9.47 Å². The topological polar surface area (TPSA) is 44.8 Å². The van der Waals surface area contributed by atoms with Crippen LogP contribution in [0.4, 0.5) is 0 Å². The Labute approximate surface area is 86.0 Å². The van der Waals surface area contributed by atoms with E-state index in [1.807, 2.05) is 0 Å². The lowest BCUT2D eigenvalue weighted by Gasteiger charge is -2.09. The number of carbonyl (C=O) groups excluding carboxylic acids is 1. The van der Waals surface area contributed by atoms with Crippen molar-refractivity contribution in [3.8, 4) is 0 Å². The SMILES string of the molecule is COC(=O)/C(=C/C(OC)OC)CBr. The summed E-state index contributed by atoms with van der Waals surface area (Å²) >= 11 is 3.16. The molecule has 0 N–H and O–H groups in total. The highest BCUT2D eigenvalue weighted by atomic mass is 79.9. The van der Waals surface area contributed by atoms with Crippen LogP contribution in [0.15, 0.2) is 11.6 Å². The maximum atomic E-state index is 11.1. The van der Waals surface area contributed by atoms with Gasteiger partial charge < -0.3 is 14.2 Å². The van der Waals surface area contributed by atoms with Gasteiger partial charge in [-0.2, -0.15) is 0 Å². The molecule has 0 atom stereocenters. The van der Waals surface area contributed by atoms with Gasteiger partial charge in [0.2, 0.25) is 0 Å².